The lowest BCUT2D eigenvalue weighted by Crippen LogP contribution is -2.28. The lowest BCUT2D eigenvalue weighted by molar-refractivity contribution is -0.145. The van der Waals surface area contributed by atoms with E-state index in [1.807, 2.05) is 25.1 Å². The summed E-state index contributed by atoms with van der Waals surface area (Å²) in [4.78, 5) is 11.4. The number of ether oxygens (including phenoxy) is 2. The van der Waals surface area contributed by atoms with E-state index in [1.165, 1.54) is 7.11 Å². The standard InChI is InChI=1S/C14H20BrNO3/c1-4-11(14(17)19-3)9-16-8-10-5-6-13(18-2)12(15)7-10/h5-7,11,16H,4,8-9H2,1-3H3. The minimum atomic E-state index is -0.161. The minimum Gasteiger partial charge on any atom is -0.496 e. The van der Waals surface area contributed by atoms with Crippen molar-refractivity contribution in [3.63, 3.8) is 0 Å². The molecule has 0 fully saturated rings. The fourth-order valence-electron chi connectivity index (χ4n) is 1.77. The third kappa shape index (κ3) is 4.84. The van der Waals surface area contributed by atoms with Gasteiger partial charge in [0.1, 0.15) is 5.75 Å². The Labute approximate surface area is 122 Å². The summed E-state index contributed by atoms with van der Waals surface area (Å²) in [6.07, 6.45) is 0.770. The van der Waals surface area contributed by atoms with Gasteiger partial charge < -0.3 is 14.8 Å². The highest BCUT2D eigenvalue weighted by Gasteiger charge is 2.16. The maximum Gasteiger partial charge on any atom is 0.309 e. The average molecular weight is 330 g/mol. The van der Waals surface area contributed by atoms with Gasteiger partial charge in [-0.25, -0.2) is 0 Å². The molecule has 0 aliphatic carbocycles. The molecule has 4 nitrogen and oxygen atoms in total. The second-order valence-electron chi connectivity index (χ2n) is 4.23. The Bertz CT molecular complexity index is 423. The van der Waals surface area contributed by atoms with Crippen LogP contribution < -0.4 is 10.1 Å². The van der Waals surface area contributed by atoms with E-state index in [2.05, 4.69) is 21.2 Å². The van der Waals surface area contributed by atoms with Crippen molar-refractivity contribution in [1.29, 1.82) is 0 Å². The van der Waals surface area contributed by atoms with Crippen molar-refractivity contribution in [2.45, 2.75) is 19.9 Å². The van der Waals surface area contributed by atoms with Crippen LogP contribution >= 0.6 is 15.9 Å². The molecule has 1 aromatic rings. The fraction of sp³-hybridized carbons (Fsp3) is 0.500. The van der Waals surface area contributed by atoms with Crippen LogP contribution in [0.4, 0.5) is 0 Å². The lowest BCUT2D eigenvalue weighted by Gasteiger charge is -2.13. The van der Waals surface area contributed by atoms with Crippen LogP contribution in [0.3, 0.4) is 0 Å². The monoisotopic (exact) mass is 329 g/mol. The number of hydrogen-bond donors (Lipinski definition) is 1. The molecule has 0 spiro atoms. The SMILES string of the molecule is CCC(CNCc1ccc(OC)c(Br)c1)C(=O)OC. The van der Waals surface area contributed by atoms with E-state index >= 15 is 0 Å². The molecule has 0 saturated carbocycles. The zero-order valence-electron chi connectivity index (χ0n) is 11.5. The number of esters is 1. The summed E-state index contributed by atoms with van der Waals surface area (Å²) in [6, 6.07) is 5.92. The summed E-state index contributed by atoms with van der Waals surface area (Å²) < 4.78 is 10.9. The normalized spacial score (nSPS) is 12.0. The zero-order chi connectivity index (χ0) is 14.3. The maximum absolute atomic E-state index is 11.4. The van der Waals surface area contributed by atoms with Crippen LogP contribution in [0.1, 0.15) is 18.9 Å². The molecule has 0 radical (unpaired) electrons. The molecule has 0 amide bonds. The summed E-state index contributed by atoms with van der Waals surface area (Å²) in [6.45, 7) is 3.30. The Morgan fingerprint density at radius 2 is 2.16 bits per heavy atom. The van der Waals surface area contributed by atoms with Crippen molar-refractivity contribution in [1.82, 2.24) is 5.32 Å². The molecule has 5 heteroatoms. The van der Waals surface area contributed by atoms with Crippen molar-refractivity contribution in [3.8, 4) is 5.75 Å². The van der Waals surface area contributed by atoms with E-state index in [-0.39, 0.29) is 11.9 Å². The molecule has 106 valence electrons. The van der Waals surface area contributed by atoms with Crippen LogP contribution in [0, 0.1) is 5.92 Å². The van der Waals surface area contributed by atoms with Crippen molar-refractivity contribution in [2.75, 3.05) is 20.8 Å². The molecule has 1 atom stereocenters. The minimum absolute atomic E-state index is 0.0910. The highest BCUT2D eigenvalue weighted by atomic mass is 79.9. The zero-order valence-corrected chi connectivity index (χ0v) is 13.1. The number of carbonyl (C=O) groups excluding carboxylic acids is 1. The van der Waals surface area contributed by atoms with E-state index < -0.39 is 0 Å². The first kappa shape index (κ1) is 16.0. The predicted octanol–water partition coefficient (Wildman–Crippen LogP) is 2.75. The van der Waals surface area contributed by atoms with Gasteiger partial charge in [-0.2, -0.15) is 0 Å². The largest absolute Gasteiger partial charge is 0.496 e. The molecule has 1 unspecified atom stereocenters. The predicted molar refractivity (Wildman–Crippen MR) is 78.2 cm³/mol. The van der Waals surface area contributed by atoms with E-state index in [1.54, 1.807) is 7.11 Å². The van der Waals surface area contributed by atoms with Crippen molar-refractivity contribution in [3.05, 3.63) is 28.2 Å². The van der Waals surface area contributed by atoms with Crippen LogP contribution in [-0.2, 0) is 16.1 Å². The lowest BCUT2D eigenvalue weighted by atomic mass is 10.1. The first-order chi connectivity index (χ1) is 9.12. The Morgan fingerprint density at radius 1 is 1.42 bits per heavy atom. The summed E-state index contributed by atoms with van der Waals surface area (Å²) >= 11 is 3.45. The molecular weight excluding hydrogens is 310 g/mol. The number of rotatable bonds is 7. The van der Waals surface area contributed by atoms with E-state index in [4.69, 9.17) is 9.47 Å². The molecule has 1 rings (SSSR count). The molecule has 1 N–H and O–H groups in total. The summed E-state index contributed by atoms with van der Waals surface area (Å²) in [7, 11) is 3.06. The Kier molecular flexibility index (Phi) is 6.87. The van der Waals surface area contributed by atoms with Gasteiger partial charge >= 0.3 is 5.97 Å². The molecule has 0 aliphatic heterocycles. The summed E-state index contributed by atoms with van der Waals surface area (Å²) in [5.41, 5.74) is 1.13. The van der Waals surface area contributed by atoms with Crippen LogP contribution in [0.5, 0.6) is 5.75 Å². The highest BCUT2D eigenvalue weighted by Crippen LogP contribution is 2.25. The second-order valence-corrected chi connectivity index (χ2v) is 5.08. The van der Waals surface area contributed by atoms with Crippen LogP contribution in [-0.4, -0.2) is 26.7 Å². The van der Waals surface area contributed by atoms with Crippen molar-refractivity contribution in [2.24, 2.45) is 5.92 Å². The van der Waals surface area contributed by atoms with Crippen molar-refractivity contribution < 1.29 is 14.3 Å². The molecule has 0 heterocycles. The summed E-state index contributed by atoms with van der Waals surface area (Å²) in [5, 5.41) is 3.27. The fourth-order valence-corrected chi connectivity index (χ4v) is 2.36. The Morgan fingerprint density at radius 3 is 2.68 bits per heavy atom. The smallest absolute Gasteiger partial charge is 0.309 e. The van der Waals surface area contributed by atoms with E-state index in [9.17, 15) is 4.79 Å². The number of benzene rings is 1. The number of nitrogens with one attached hydrogen (secondary N) is 1. The maximum atomic E-state index is 11.4. The van der Waals surface area contributed by atoms with Crippen LogP contribution in [0.25, 0.3) is 0 Å². The first-order valence-electron chi connectivity index (χ1n) is 6.23. The van der Waals surface area contributed by atoms with Gasteiger partial charge in [0.25, 0.3) is 0 Å². The quantitative estimate of drug-likeness (QED) is 0.781. The molecule has 19 heavy (non-hydrogen) atoms. The topological polar surface area (TPSA) is 47.6 Å². The number of halogens is 1. The number of hydrogen-bond acceptors (Lipinski definition) is 4. The molecule has 0 aliphatic rings. The van der Waals surface area contributed by atoms with Gasteiger partial charge in [-0.3, -0.25) is 4.79 Å². The first-order valence-corrected chi connectivity index (χ1v) is 7.02. The molecule has 0 bridgehead atoms. The van der Waals surface area contributed by atoms with Gasteiger partial charge in [0.2, 0.25) is 0 Å². The highest BCUT2D eigenvalue weighted by molar-refractivity contribution is 9.10. The van der Waals surface area contributed by atoms with E-state index in [0.717, 1.165) is 22.2 Å². The Balaban J connectivity index is 2.48. The van der Waals surface area contributed by atoms with Gasteiger partial charge in [-0.05, 0) is 40.0 Å². The second kappa shape index (κ2) is 8.17. The average Bonchev–Trinajstić information content (AvgIpc) is 2.43. The summed E-state index contributed by atoms with van der Waals surface area (Å²) in [5.74, 6) is 0.558. The third-order valence-electron chi connectivity index (χ3n) is 2.96. The molecule has 0 saturated heterocycles. The van der Waals surface area contributed by atoms with Crippen molar-refractivity contribution >= 4 is 21.9 Å². The molecular formula is C14H20BrNO3. The molecule has 0 aromatic heterocycles. The van der Waals surface area contributed by atoms with Crippen LogP contribution in [0.2, 0.25) is 0 Å². The van der Waals surface area contributed by atoms with Gasteiger partial charge in [0, 0.05) is 13.1 Å². The van der Waals surface area contributed by atoms with E-state index in [0.29, 0.717) is 13.1 Å². The third-order valence-corrected chi connectivity index (χ3v) is 3.58. The van der Waals surface area contributed by atoms with Gasteiger partial charge in [0.05, 0.1) is 24.6 Å². The van der Waals surface area contributed by atoms with Crippen LogP contribution in [0.15, 0.2) is 22.7 Å². The Hall–Kier alpha value is -1.07. The van der Waals surface area contributed by atoms with Gasteiger partial charge in [0.15, 0.2) is 0 Å². The molecule has 1 aromatic carbocycles. The number of methoxy groups -OCH3 is 2. The van der Waals surface area contributed by atoms with Gasteiger partial charge in [-0.1, -0.05) is 13.0 Å². The van der Waals surface area contributed by atoms with Gasteiger partial charge in [-0.15, -0.1) is 0 Å². The number of carbonyl (C=O) groups is 1.